The highest BCUT2D eigenvalue weighted by Crippen LogP contribution is 2.29. The van der Waals surface area contributed by atoms with Crippen LogP contribution in [0.3, 0.4) is 0 Å². The maximum atomic E-state index is 12.8. The molecule has 0 saturated carbocycles. The number of hydrogen-bond acceptors (Lipinski definition) is 5. The van der Waals surface area contributed by atoms with Crippen LogP contribution < -0.4 is 10.6 Å². The van der Waals surface area contributed by atoms with Crippen molar-refractivity contribution in [3.8, 4) is 0 Å². The lowest BCUT2D eigenvalue weighted by Gasteiger charge is -2.21. The Morgan fingerprint density at radius 3 is 2.31 bits per heavy atom. The second kappa shape index (κ2) is 11.1. The Morgan fingerprint density at radius 2 is 1.72 bits per heavy atom. The van der Waals surface area contributed by atoms with E-state index in [9.17, 15) is 22.8 Å². The number of aryl methyl sites for hydroxylation is 1. The number of nitrogens with one attached hydrogen (secondary N) is 2. The minimum Gasteiger partial charge on any atom is -0.402 e. The van der Waals surface area contributed by atoms with Gasteiger partial charge in [-0.15, -0.1) is 0 Å². The largest absolute Gasteiger partial charge is 0.635 e. The number of benzene rings is 2. The van der Waals surface area contributed by atoms with Crippen LogP contribution in [0, 0.1) is 12.8 Å². The van der Waals surface area contributed by atoms with Crippen LogP contribution in [0.5, 0.6) is 0 Å². The Kier molecular flexibility index (Phi) is 8.82. The van der Waals surface area contributed by atoms with Crippen molar-refractivity contribution in [3.63, 3.8) is 0 Å². The molecular formula is C21H24BF3N2O5. The third-order valence-electron chi connectivity index (χ3n) is 4.64. The summed E-state index contributed by atoms with van der Waals surface area (Å²) < 4.78 is 43.3. The highest BCUT2D eigenvalue weighted by molar-refractivity contribution is 6.32. The Hall–Kier alpha value is -2.89. The predicted molar refractivity (Wildman–Crippen MR) is 111 cm³/mol. The highest BCUT2D eigenvalue weighted by atomic mass is 19.4. The summed E-state index contributed by atoms with van der Waals surface area (Å²) in [6.45, 7) is 3.02. The summed E-state index contributed by atoms with van der Waals surface area (Å²) in [5.41, 5.74) is 1.16. The minimum atomic E-state index is -4.50. The van der Waals surface area contributed by atoms with E-state index in [4.69, 9.17) is 14.7 Å². The van der Waals surface area contributed by atoms with Crippen molar-refractivity contribution in [2.45, 2.75) is 39.2 Å². The molecule has 32 heavy (non-hydrogen) atoms. The fourth-order valence-corrected chi connectivity index (χ4v) is 2.82. The lowest BCUT2D eigenvalue weighted by atomic mass is 10.1. The van der Waals surface area contributed by atoms with Crippen LogP contribution in [0.2, 0.25) is 0 Å². The van der Waals surface area contributed by atoms with Crippen LogP contribution in [0.15, 0.2) is 48.5 Å². The van der Waals surface area contributed by atoms with Gasteiger partial charge in [-0.2, -0.15) is 13.2 Å². The minimum absolute atomic E-state index is 0.113. The second-order valence-electron chi connectivity index (χ2n) is 7.29. The monoisotopic (exact) mass is 452 g/mol. The molecule has 2 atom stereocenters. The molecule has 2 amide bonds. The van der Waals surface area contributed by atoms with Crippen LogP contribution in [0.25, 0.3) is 0 Å². The second-order valence-corrected chi connectivity index (χ2v) is 7.29. The summed E-state index contributed by atoms with van der Waals surface area (Å²) in [7, 11) is -2.14. The van der Waals surface area contributed by atoms with Crippen LogP contribution in [0.1, 0.15) is 29.2 Å². The number of hydrogen-bond donors (Lipinski definition) is 4. The molecule has 2 rings (SSSR count). The van der Waals surface area contributed by atoms with Crippen molar-refractivity contribution >= 4 is 19.1 Å². The normalized spacial score (nSPS) is 13.2. The van der Waals surface area contributed by atoms with Gasteiger partial charge in [-0.25, -0.2) is 0 Å². The van der Waals surface area contributed by atoms with Crippen molar-refractivity contribution in [1.29, 1.82) is 0 Å². The number of carbonyl (C=O) groups excluding carboxylic acids is 2. The summed E-state index contributed by atoms with van der Waals surface area (Å²) in [4.78, 5) is 24.8. The molecule has 0 aliphatic heterocycles. The first-order valence-electron chi connectivity index (χ1n) is 9.77. The van der Waals surface area contributed by atoms with E-state index in [-0.39, 0.29) is 18.5 Å². The van der Waals surface area contributed by atoms with Gasteiger partial charge < -0.3 is 25.3 Å². The van der Waals surface area contributed by atoms with E-state index >= 15 is 0 Å². The Labute approximate surface area is 183 Å². The molecule has 0 aromatic heterocycles. The van der Waals surface area contributed by atoms with Crippen LogP contribution >= 0.6 is 0 Å². The molecule has 0 fully saturated rings. The average Bonchev–Trinajstić information content (AvgIpc) is 2.72. The smallest absolute Gasteiger partial charge is 0.402 e. The molecule has 4 N–H and O–H groups in total. The van der Waals surface area contributed by atoms with E-state index in [0.717, 1.165) is 23.3 Å². The molecule has 2 aromatic carbocycles. The van der Waals surface area contributed by atoms with Crippen molar-refractivity contribution in [2.24, 2.45) is 5.92 Å². The van der Waals surface area contributed by atoms with Crippen LogP contribution in [-0.4, -0.2) is 35.4 Å². The first-order chi connectivity index (χ1) is 15.0. The highest BCUT2D eigenvalue weighted by Gasteiger charge is 2.30. The predicted octanol–water partition coefficient (Wildman–Crippen LogP) is 1.94. The first kappa shape index (κ1) is 25.4. The van der Waals surface area contributed by atoms with E-state index in [2.05, 4.69) is 10.6 Å². The molecule has 1 unspecified atom stereocenters. The number of rotatable bonds is 9. The van der Waals surface area contributed by atoms with Gasteiger partial charge in [0.1, 0.15) is 12.1 Å². The van der Waals surface area contributed by atoms with Gasteiger partial charge >= 0.3 is 13.5 Å². The molecule has 2 aromatic rings. The number of carbonyl (C=O) groups is 2. The molecule has 11 heteroatoms. The van der Waals surface area contributed by atoms with Crippen molar-refractivity contribution in [1.82, 2.24) is 10.6 Å². The maximum Gasteiger partial charge on any atom is 0.635 e. The fourth-order valence-electron chi connectivity index (χ4n) is 2.82. The SMILES string of the molecule is Cc1ccc(C[C@H](NC(=O)C(C)C(=O)NCc2cccc(C(F)(F)F)c2)OB(O)O)cc1. The maximum absolute atomic E-state index is 12.8. The summed E-state index contributed by atoms with van der Waals surface area (Å²) in [6.07, 6.45) is -5.51. The molecule has 172 valence electrons. The van der Waals surface area contributed by atoms with Gasteiger partial charge in [0.25, 0.3) is 0 Å². The first-order valence-corrected chi connectivity index (χ1v) is 9.77. The number of amides is 2. The standard InChI is InChI=1S/C21H24BF3N2O5/c1-13-6-8-15(9-7-13)11-18(32-22(30)31)27-20(29)14(2)19(28)26-12-16-4-3-5-17(10-16)21(23,24)25/h3-10,14,18,30-31H,11-12H2,1-2H3,(H,26,28)(H,27,29)/t14?,18-/m1/s1. The van der Waals surface area contributed by atoms with E-state index in [1.807, 2.05) is 19.1 Å². The average molecular weight is 452 g/mol. The van der Waals surface area contributed by atoms with Gasteiger partial charge in [0.2, 0.25) is 11.8 Å². The summed E-state index contributed by atoms with van der Waals surface area (Å²) in [5, 5.41) is 23.1. The Morgan fingerprint density at radius 1 is 1.06 bits per heavy atom. The zero-order valence-corrected chi connectivity index (χ0v) is 17.5. The van der Waals surface area contributed by atoms with Gasteiger partial charge in [-0.1, -0.05) is 42.0 Å². The molecule has 0 heterocycles. The molecule has 0 saturated heterocycles. The van der Waals surface area contributed by atoms with Gasteiger partial charge in [0.15, 0.2) is 0 Å². The van der Waals surface area contributed by atoms with Crippen LogP contribution in [-0.2, 0) is 33.4 Å². The molecule has 7 nitrogen and oxygen atoms in total. The van der Waals surface area contributed by atoms with E-state index in [1.165, 1.54) is 19.1 Å². The van der Waals surface area contributed by atoms with Gasteiger partial charge in [-0.05, 0) is 37.1 Å². The third kappa shape index (κ3) is 7.99. The third-order valence-corrected chi connectivity index (χ3v) is 4.64. The zero-order valence-electron chi connectivity index (χ0n) is 17.5. The van der Waals surface area contributed by atoms with Crippen molar-refractivity contribution in [3.05, 3.63) is 70.8 Å². The van der Waals surface area contributed by atoms with Crippen molar-refractivity contribution in [2.75, 3.05) is 0 Å². The Balaban J connectivity index is 1.96. The number of halogens is 3. The van der Waals surface area contributed by atoms with Gasteiger partial charge in [0, 0.05) is 13.0 Å². The summed E-state index contributed by atoms with van der Waals surface area (Å²) >= 11 is 0. The van der Waals surface area contributed by atoms with Crippen molar-refractivity contribution < 1.29 is 37.5 Å². The van der Waals surface area contributed by atoms with Gasteiger partial charge in [0.05, 0.1) is 5.56 Å². The Bertz CT molecular complexity index is 922. The number of alkyl halides is 3. The fraction of sp³-hybridized carbons (Fsp3) is 0.333. The molecule has 0 aliphatic carbocycles. The molecule has 0 bridgehead atoms. The van der Waals surface area contributed by atoms with E-state index < -0.39 is 43.0 Å². The zero-order chi connectivity index (χ0) is 23.9. The summed E-state index contributed by atoms with van der Waals surface area (Å²) in [6, 6.07) is 11.7. The summed E-state index contributed by atoms with van der Waals surface area (Å²) in [5.74, 6) is -2.66. The van der Waals surface area contributed by atoms with Crippen LogP contribution in [0.4, 0.5) is 13.2 Å². The molecule has 0 aliphatic rings. The van der Waals surface area contributed by atoms with E-state index in [1.54, 1.807) is 12.1 Å². The molecule has 0 spiro atoms. The van der Waals surface area contributed by atoms with E-state index in [0.29, 0.717) is 0 Å². The molecule has 0 radical (unpaired) electrons. The topological polar surface area (TPSA) is 108 Å². The van der Waals surface area contributed by atoms with Gasteiger partial charge in [-0.3, -0.25) is 9.59 Å². The molecular weight excluding hydrogens is 428 g/mol. The lowest BCUT2D eigenvalue weighted by molar-refractivity contribution is -0.138. The quantitative estimate of drug-likeness (QED) is 0.264. The lowest BCUT2D eigenvalue weighted by Crippen LogP contribution is -2.47.